The van der Waals surface area contributed by atoms with E-state index >= 15 is 0 Å². The number of hydrogen-bond donors (Lipinski definition) is 2. The number of rotatable bonds is 4. The lowest BCUT2D eigenvalue weighted by Gasteiger charge is -2.29. The average Bonchev–Trinajstić information content (AvgIpc) is 3.17. The molecule has 0 atom stereocenters. The Hall–Kier alpha value is -2.92. The minimum atomic E-state index is -1.38. The zero-order valence-electron chi connectivity index (χ0n) is 14.1. The fourth-order valence-electron chi connectivity index (χ4n) is 3.08. The summed E-state index contributed by atoms with van der Waals surface area (Å²) in [6.07, 6.45) is 2.77. The van der Waals surface area contributed by atoms with E-state index < -0.39 is 22.8 Å². The molecule has 2 N–H and O–H groups in total. The van der Waals surface area contributed by atoms with Crippen LogP contribution in [0.5, 0.6) is 0 Å². The molecule has 0 aromatic carbocycles. The molecule has 11 heteroatoms. The number of hydrogen-bond acceptors (Lipinski definition) is 8. The number of anilines is 1. The van der Waals surface area contributed by atoms with Crippen molar-refractivity contribution in [2.45, 2.75) is 6.54 Å². The molecule has 0 saturated carbocycles. The van der Waals surface area contributed by atoms with Crippen LogP contribution in [0.15, 0.2) is 23.3 Å². The molecule has 0 unspecified atom stereocenters. The number of aromatic carboxylic acids is 1. The number of carboxylic acids is 1. The van der Waals surface area contributed by atoms with Crippen LogP contribution < -0.4 is 15.6 Å². The van der Waals surface area contributed by atoms with Gasteiger partial charge in [-0.2, -0.15) is 8.75 Å². The number of fused-ring (bicyclic) bond motifs is 1. The lowest BCUT2D eigenvalue weighted by molar-refractivity contribution is 0.0695. The Kier molecular flexibility index (Phi) is 4.54. The second-order valence-corrected chi connectivity index (χ2v) is 6.66. The number of piperazine rings is 1. The summed E-state index contributed by atoms with van der Waals surface area (Å²) in [5.41, 5.74) is -0.394. The molecule has 1 saturated heterocycles. The van der Waals surface area contributed by atoms with Gasteiger partial charge in [0.25, 0.3) is 0 Å². The number of aromatic nitrogens is 4. The van der Waals surface area contributed by atoms with Gasteiger partial charge < -0.3 is 19.9 Å². The molecule has 0 bridgehead atoms. The minimum Gasteiger partial charge on any atom is -0.477 e. The highest BCUT2D eigenvalue weighted by Crippen LogP contribution is 2.22. The van der Waals surface area contributed by atoms with Crippen molar-refractivity contribution in [1.82, 2.24) is 23.6 Å². The largest absolute Gasteiger partial charge is 0.477 e. The highest BCUT2D eigenvalue weighted by atomic mass is 32.1. The van der Waals surface area contributed by atoms with Gasteiger partial charge in [0, 0.05) is 32.4 Å². The zero-order valence-corrected chi connectivity index (χ0v) is 14.9. The molecule has 0 spiro atoms. The van der Waals surface area contributed by atoms with E-state index in [1.807, 2.05) is 0 Å². The van der Waals surface area contributed by atoms with E-state index in [-0.39, 0.29) is 23.4 Å². The molecular weight excluding hydrogens is 375 g/mol. The van der Waals surface area contributed by atoms with E-state index in [1.54, 1.807) is 11.1 Å². The van der Waals surface area contributed by atoms with E-state index in [1.165, 1.54) is 10.8 Å². The number of nitrogens with one attached hydrogen (secondary N) is 1. The predicted molar refractivity (Wildman–Crippen MR) is 97.0 cm³/mol. The quantitative estimate of drug-likeness (QED) is 0.664. The van der Waals surface area contributed by atoms with Crippen molar-refractivity contribution >= 4 is 34.5 Å². The molecule has 9 nitrogen and oxygen atoms in total. The van der Waals surface area contributed by atoms with Gasteiger partial charge in [-0.3, -0.25) is 4.79 Å². The molecule has 27 heavy (non-hydrogen) atoms. The predicted octanol–water partition coefficient (Wildman–Crippen LogP) is 0.543. The summed E-state index contributed by atoms with van der Waals surface area (Å²) < 4.78 is 24.2. The summed E-state index contributed by atoms with van der Waals surface area (Å²) in [6, 6.07) is 1.07. The van der Waals surface area contributed by atoms with Gasteiger partial charge in [0.15, 0.2) is 11.6 Å². The van der Waals surface area contributed by atoms with E-state index in [0.717, 1.165) is 17.8 Å². The minimum absolute atomic E-state index is 0.0746. The van der Waals surface area contributed by atoms with Crippen LogP contribution in [0.1, 0.15) is 16.1 Å². The number of carbonyl (C=O) groups is 1. The van der Waals surface area contributed by atoms with E-state index in [4.69, 9.17) is 0 Å². The second-order valence-electron chi connectivity index (χ2n) is 6.11. The van der Waals surface area contributed by atoms with E-state index in [9.17, 15) is 19.1 Å². The van der Waals surface area contributed by atoms with Crippen LogP contribution in [0.3, 0.4) is 0 Å². The van der Waals surface area contributed by atoms with Gasteiger partial charge >= 0.3 is 5.97 Å². The molecule has 1 aliphatic rings. The highest BCUT2D eigenvalue weighted by Gasteiger charge is 2.22. The van der Waals surface area contributed by atoms with Crippen LogP contribution >= 0.6 is 11.7 Å². The maximum absolute atomic E-state index is 14.7. The Labute approximate surface area is 156 Å². The van der Waals surface area contributed by atoms with Crippen LogP contribution in [-0.4, -0.2) is 55.6 Å². The summed E-state index contributed by atoms with van der Waals surface area (Å²) in [7, 11) is 0. The summed E-state index contributed by atoms with van der Waals surface area (Å²) >= 11 is 1.02. The van der Waals surface area contributed by atoms with Crippen molar-refractivity contribution in [2.24, 2.45) is 0 Å². The Morgan fingerprint density at radius 3 is 2.81 bits per heavy atom. The van der Waals surface area contributed by atoms with Crippen LogP contribution in [0.2, 0.25) is 0 Å². The average molecular weight is 390 g/mol. The fourth-order valence-corrected chi connectivity index (χ4v) is 3.50. The number of halogens is 1. The Morgan fingerprint density at radius 1 is 1.37 bits per heavy atom. The summed E-state index contributed by atoms with van der Waals surface area (Å²) in [5, 5.41) is 12.4. The molecule has 0 radical (unpaired) electrons. The van der Waals surface area contributed by atoms with Crippen molar-refractivity contribution in [3.63, 3.8) is 0 Å². The van der Waals surface area contributed by atoms with Gasteiger partial charge in [0.2, 0.25) is 5.43 Å². The molecule has 0 aliphatic carbocycles. The SMILES string of the molecule is O=C(O)c1cn(Cc2cnsn2)c2nc(N3CCNCC3)c(F)cc2c1=O. The number of nitrogens with zero attached hydrogens (tertiary/aromatic N) is 5. The zero-order chi connectivity index (χ0) is 19.0. The van der Waals surface area contributed by atoms with Crippen molar-refractivity contribution in [2.75, 3.05) is 31.1 Å². The normalized spacial score (nSPS) is 14.6. The third kappa shape index (κ3) is 3.26. The van der Waals surface area contributed by atoms with Crippen LogP contribution in [0.25, 0.3) is 11.0 Å². The molecular formula is C16H15FN6O3S. The molecule has 3 aromatic rings. The first-order valence-corrected chi connectivity index (χ1v) is 8.96. The monoisotopic (exact) mass is 390 g/mol. The van der Waals surface area contributed by atoms with Crippen molar-refractivity contribution in [3.8, 4) is 0 Å². The Morgan fingerprint density at radius 2 is 2.15 bits per heavy atom. The molecule has 4 rings (SSSR count). The molecule has 3 aromatic heterocycles. The summed E-state index contributed by atoms with van der Waals surface area (Å²) in [4.78, 5) is 30.2. The van der Waals surface area contributed by atoms with Crippen molar-refractivity contribution in [1.29, 1.82) is 0 Å². The number of carboxylic acid groups (broad SMARTS) is 1. The Bertz CT molecular complexity index is 1060. The maximum atomic E-state index is 14.7. The van der Waals surface area contributed by atoms with Crippen LogP contribution in [0.4, 0.5) is 10.2 Å². The third-order valence-electron chi connectivity index (χ3n) is 4.37. The lowest BCUT2D eigenvalue weighted by atomic mass is 10.1. The fraction of sp³-hybridized carbons (Fsp3) is 0.312. The van der Waals surface area contributed by atoms with Crippen molar-refractivity contribution < 1.29 is 14.3 Å². The molecule has 1 aliphatic heterocycles. The van der Waals surface area contributed by atoms with Crippen LogP contribution in [-0.2, 0) is 6.54 Å². The first-order chi connectivity index (χ1) is 13.0. The lowest BCUT2D eigenvalue weighted by Crippen LogP contribution is -2.44. The molecule has 0 amide bonds. The maximum Gasteiger partial charge on any atom is 0.341 e. The van der Waals surface area contributed by atoms with E-state index in [2.05, 4.69) is 19.0 Å². The topological polar surface area (TPSA) is 113 Å². The highest BCUT2D eigenvalue weighted by molar-refractivity contribution is 6.99. The van der Waals surface area contributed by atoms with Gasteiger partial charge in [0.1, 0.15) is 11.2 Å². The molecule has 1 fully saturated rings. The van der Waals surface area contributed by atoms with Gasteiger partial charge in [-0.25, -0.2) is 14.2 Å². The van der Waals surface area contributed by atoms with Gasteiger partial charge in [-0.15, -0.1) is 0 Å². The first-order valence-electron chi connectivity index (χ1n) is 8.23. The second kappa shape index (κ2) is 7.00. The van der Waals surface area contributed by atoms with Crippen LogP contribution in [0, 0.1) is 5.82 Å². The van der Waals surface area contributed by atoms with Gasteiger partial charge in [-0.1, -0.05) is 0 Å². The molecule has 4 heterocycles. The smallest absolute Gasteiger partial charge is 0.341 e. The standard InChI is InChI=1S/C16H15FN6O3S/c17-12-5-10-13(24)11(16(25)26)8-23(7-9-6-19-27-21-9)14(10)20-15(12)22-3-1-18-2-4-22/h5-6,8,18H,1-4,7H2,(H,25,26). The number of pyridine rings is 2. The van der Waals surface area contributed by atoms with Gasteiger partial charge in [0.05, 0.1) is 35.5 Å². The van der Waals surface area contributed by atoms with Gasteiger partial charge in [-0.05, 0) is 6.07 Å². The summed E-state index contributed by atoms with van der Waals surface area (Å²) in [6.45, 7) is 2.75. The van der Waals surface area contributed by atoms with Crippen molar-refractivity contribution in [3.05, 3.63) is 45.8 Å². The Balaban J connectivity index is 1.93. The summed E-state index contributed by atoms with van der Waals surface area (Å²) in [5.74, 6) is -1.87. The molecule has 140 valence electrons. The first kappa shape index (κ1) is 17.5. The van der Waals surface area contributed by atoms with E-state index in [0.29, 0.717) is 31.9 Å². The third-order valence-corrected chi connectivity index (χ3v) is 4.89.